The van der Waals surface area contributed by atoms with Crippen LogP contribution in [-0.2, 0) is 6.54 Å². The number of unbranched alkanes of at least 4 members (excludes halogenated alkanes) is 1. The van der Waals surface area contributed by atoms with E-state index in [1.807, 2.05) is 38.5 Å². The molecule has 6 nitrogen and oxygen atoms in total. The number of rotatable bonds is 9. The van der Waals surface area contributed by atoms with Gasteiger partial charge in [0.05, 0.1) is 18.4 Å². The van der Waals surface area contributed by atoms with Crippen LogP contribution >= 0.6 is 24.0 Å². The van der Waals surface area contributed by atoms with Crippen LogP contribution in [0.5, 0.6) is 0 Å². The average Bonchev–Trinajstić information content (AvgIpc) is 3.12. The number of hydrogen-bond acceptors (Lipinski definition) is 3. The monoisotopic (exact) mass is 484 g/mol. The van der Waals surface area contributed by atoms with Crippen LogP contribution in [0.3, 0.4) is 0 Å². The van der Waals surface area contributed by atoms with Gasteiger partial charge < -0.3 is 20.1 Å². The fourth-order valence-electron chi connectivity index (χ4n) is 2.79. The van der Waals surface area contributed by atoms with Gasteiger partial charge in [0.25, 0.3) is 0 Å². The number of nitrogens with zero attached hydrogens (tertiary/aromatic N) is 4. The van der Waals surface area contributed by atoms with Gasteiger partial charge in [-0.15, -0.1) is 24.0 Å². The van der Waals surface area contributed by atoms with E-state index in [2.05, 4.69) is 56.2 Å². The molecule has 0 saturated carbocycles. The lowest BCUT2D eigenvalue weighted by Gasteiger charge is -2.23. The van der Waals surface area contributed by atoms with Crippen molar-refractivity contribution in [3.05, 3.63) is 42.4 Å². The second-order valence-electron chi connectivity index (χ2n) is 6.60. The molecule has 0 atom stereocenters. The third kappa shape index (κ3) is 7.88. The number of benzene rings is 1. The summed E-state index contributed by atoms with van der Waals surface area (Å²) >= 11 is 0. The Morgan fingerprint density at radius 2 is 1.93 bits per heavy atom. The molecule has 0 spiro atoms. The summed E-state index contributed by atoms with van der Waals surface area (Å²) in [5.74, 6) is 1.81. The summed E-state index contributed by atoms with van der Waals surface area (Å²) in [6.07, 6.45) is 4.36. The van der Waals surface area contributed by atoms with Crippen molar-refractivity contribution in [2.45, 2.75) is 26.3 Å². The molecule has 0 aliphatic heterocycles. The van der Waals surface area contributed by atoms with E-state index in [1.54, 1.807) is 0 Å². The van der Waals surface area contributed by atoms with Gasteiger partial charge >= 0.3 is 0 Å². The number of likely N-dealkylation sites (N-methyl/N-ethyl adjacent to an activating group) is 1. The van der Waals surface area contributed by atoms with Gasteiger partial charge in [-0.3, -0.25) is 4.99 Å². The Bertz CT molecular complexity index is 670. The van der Waals surface area contributed by atoms with Crippen molar-refractivity contribution in [1.29, 1.82) is 0 Å². The van der Waals surface area contributed by atoms with Crippen molar-refractivity contribution >= 4 is 29.9 Å². The molecule has 0 saturated heterocycles. The summed E-state index contributed by atoms with van der Waals surface area (Å²) < 4.78 is 0. The van der Waals surface area contributed by atoms with Crippen LogP contribution in [-0.4, -0.2) is 66.5 Å². The van der Waals surface area contributed by atoms with E-state index in [0.29, 0.717) is 6.54 Å². The maximum Gasteiger partial charge on any atom is 0.193 e. The average molecular weight is 484 g/mol. The lowest BCUT2D eigenvalue weighted by atomic mass is 10.2. The Balaban J connectivity index is 0.00000364. The molecule has 0 radical (unpaired) electrons. The maximum absolute atomic E-state index is 4.50. The van der Waals surface area contributed by atoms with Crippen LogP contribution < -0.4 is 5.32 Å². The van der Waals surface area contributed by atoms with E-state index in [4.69, 9.17) is 0 Å². The Kier molecular flexibility index (Phi) is 11.0. The van der Waals surface area contributed by atoms with E-state index in [0.717, 1.165) is 42.7 Å². The number of nitrogens with one attached hydrogen (secondary N) is 2. The van der Waals surface area contributed by atoms with Gasteiger partial charge in [0, 0.05) is 27.2 Å². The van der Waals surface area contributed by atoms with Crippen molar-refractivity contribution in [1.82, 2.24) is 25.1 Å². The molecule has 1 aromatic heterocycles. The van der Waals surface area contributed by atoms with Gasteiger partial charge in [-0.25, -0.2) is 4.98 Å². The highest BCUT2D eigenvalue weighted by Crippen LogP contribution is 2.16. The highest BCUT2D eigenvalue weighted by atomic mass is 127. The number of halogens is 1. The van der Waals surface area contributed by atoms with Crippen LogP contribution in [0.15, 0.2) is 41.5 Å². The van der Waals surface area contributed by atoms with E-state index in [9.17, 15) is 0 Å². The Labute approximate surface area is 180 Å². The fraction of sp³-hybridized carbons (Fsp3) is 0.500. The summed E-state index contributed by atoms with van der Waals surface area (Å²) in [6.45, 7) is 5.93. The summed E-state index contributed by atoms with van der Waals surface area (Å²) in [6, 6.07) is 10.2. The Hall–Kier alpha value is -1.61. The second-order valence-corrected chi connectivity index (χ2v) is 6.60. The number of aromatic nitrogens is 2. The normalized spacial score (nSPS) is 11.4. The van der Waals surface area contributed by atoms with Crippen molar-refractivity contribution in [3.63, 3.8) is 0 Å². The minimum atomic E-state index is 0. The molecular formula is C20H33IN6. The lowest BCUT2D eigenvalue weighted by molar-refractivity contribution is 0.329. The first-order chi connectivity index (χ1) is 12.6. The highest BCUT2D eigenvalue weighted by Gasteiger charge is 2.10. The number of hydrogen-bond donors (Lipinski definition) is 2. The molecule has 1 heterocycles. The SMILES string of the molecule is CCCCN(C)CCNC(=NC)N(C)Cc1ncc(-c2ccccc2)[nH]1.I. The van der Waals surface area contributed by atoms with Crippen molar-refractivity contribution < 1.29 is 0 Å². The summed E-state index contributed by atoms with van der Waals surface area (Å²) in [4.78, 5) is 16.7. The predicted molar refractivity (Wildman–Crippen MR) is 125 cm³/mol. The largest absolute Gasteiger partial charge is 0.355 e. The van der Waals surface area contributed by atoms with Gasteiger partial charge in [0.2, 0.25) is 0 Å². The maximum atomic E-state index is 4.50. The standard InChI is InChI=1S/C20H32N6.HI/c1-5-6-13-25(3)14-12-22-20(21-2)26(4)16-19-23-15-18(24-19)17-10-8-7-9-11-17;/h7-11,15H,5-6,12-14,16H2,1-4H3,(H,21,22)(H,23,24);1H. The van der Waals surface area contributed by atoms with E-state index >= 15 is 0 Å². The number of H-pyrrole nitrogens is 1. The smallest absolute Gasteiger partial charge is 0.193 e. The molecule has 27 heavy (non-hydrogen) atoms. The summed E-state index contributed by atoms with van der Waals surface area (Å²) in [5, 5.41) is 3.43. The van der Waals surface area contributed by atoms with Crippen molar-refractivity contribution in [3.8, 4) is 11.3 Å². The van der Waals surface area contributed by atoms with Gasteiger partial charge in [-0.1, -0.05) is 43.7 Å². The Morgan fingerprint density at radius 3 is 2.59 bits per heavy atom. The van der Waals surface area contributed by atoms with Gasteiger partial charge in [-0.05, 0) is 25.6 Å². The van der Waals surface area contributed by atoms with E-state index in [1.165, 1.54) is 12.8 Å². The molecule has 150 valence electrons. The zero-order valence-corrected chi connectivity index (χ0v) is 19.2. The van der Waals surface area contributed by atoms with Crippen LogP contribution in [0.25, 0.3) is 11.3 Å². The minimum absolute atomic E-state index is 0. The fourth-order valence-corrected chi connectivity index (χ4v) is 2.79. The van der Waals surface area contributed by atoms with E-state index in [-0.39, 0.29) is 24.0 Å². The predicted octanol–water partition coefficient (Wildman–Crippen LogP) is 3.43. The third-order valence-electron chi connectivity index (χ3n) is 4.34. The summed E-state index contributed by atoms with van der Waals surface area (Å²) in [5.41, 5.74) is 2.18. The lowest BCUT2D eigenvalue weighted by Crippen LogP contribution is -2.41. The molecular weight excluding hydrogens is 451 g/mol. The first-order valence-electron chi connectivity index (χ1n) is 9.33. The molecule has 0 fully saturated rings. The molecule has 0 unspecified atom stereocenters. The molecule has 0 amide bonds. The second kappa shape index (κ2) is 12.7. The molecule has 0 aliphatic carbocycles. The van der Waals surface area contributed by atoms with Crippen molar-refractivity contribution in [2.24, 2.45) is 4.99 Å². The van der Waals surface area contributed by atoms with Gasteiger partial charge in [-0.2, -0.15) is 0 Å². The molecule has 2 rings (SSSR count). The Morgan fingerprint density at radius 1 is 1.19 bits per heavy atom. The summed E-state index contributed by atoms with van der Waals surface area (Å²) in [7, 11) is 6.01. The van der Waals surface area contributed by atoms with E-state index < -0.39 is 0 Å². The number of aliphatic imine (C=N–C) groups is 1. The van der Waals surface area contributed by atoms with Crippen molar-refractivity contribution in [2.75, 3.05) is 40.8 Å². The molecule has 0 bridgehead atoms. The van der Waals surface area contributed by atoms with Gasteiger partial charge in [0.15, 0.2) is 5.96 Å². The molecule has 1 aromatic carbocycles. The van der Waals surface area contributed by atoms with Crippen LogP contribution in [0.2, 0.25) is 0 Å². The molecule has 2 aromatic rings. The molecule has 7 heteroatoms. The van der Waals surface area contributed by atoms with Crippen LogP contribution in [0.1, 0.15) is 25.6 Å². The molecule has 2 N–H and O–H groups in total. The zero-order chi connectivity index (χ0) is 18.8. The zero-order valence-electron chi connectivity index (χ0n) is 16.9. The third-order valence-corrected chi connectivity index (χ3v) is 4.34. The molecule has 0 aliphatic rings. The quantitative estimate of drug-likeness (QED) is 0.325. The first kappa shape index (κ1) is 23.4. The highest BCUT2D eigenvalue weighted by molar-refractivity contribution is 14.0. The number of imidazole rings is 1. The van der Waals surface area contributed by atoms with Crippen LogP contribution in [0.4, 0.5) is 0 Å². The topological polar surface area (TPSA) is 59.5 Å². The number of aromatic amines is 1. The van der Waals surface area contributed by atoms with Crippen LogP contribution in [0, 0.1) is 0 Å². The first-order valence-corrected chi connectivity index (χ1v) is 9.33. The minimum Gasteiger partial charge on any atom is -0.355 e. The van der Waals surface area contributed by atoms with Gasteiger partial charge in [0.1, 0.15) is 5.82 Å². The number of guanidine groups is 1.